The lowest BCUT2D eigenvalue weighted by molar-refractivity contribution is -0.173. The highest BCUT2D eigenvalue weighted by molar-refractivity contribution is 5.81. The summed E-state index contributed by atoms with van der Waals surface area (Å²) in [5, 5.41) is 1.20. The van der Waals surface area contributed by atoms with Gasteiger partial charge in [0.15, 0.2) is 0 Å². The van der Waals surface area contributed by atoms with Gasteiger partial charge in [0, 0.05) is 6.54 Å². The topological polar surface area (TPSA) is 29.1 Å². The lowest BCUT2D eigenvalue weighted by Gasteiger charge is -2.15. The molecule has 0 heterocycles. The third-order valence-corrected chi connectivity index (χ3v) is 2.36. The molecule has 0 aliphatic heterocycles. The van der Waals surface area contributed by atoms with E-state index in [1.807, 2.05) is 0 Å². The fourth-order valence-electron chi connectivity index (χ4n) is 1.40. The van der Waals surface area contributed by atoms with E-state index in [-0.39, 0.29) is 18.2 Å². The normalized spacial score (nSPS) is 13.1. The van der Waals surface area contributed by atoms with Crippen LogP contribution >= 0.6 is 0 Å². The maximum atomic E-state index is 12.5. The van der Waals surface area contributed by atoms with Gasteiger partial charge in [-0.2, -0.15) is 39.5 Å². The molecule has 0 radical (unpaired) electrons. The Balaban J connectivity index is 3.12. The highest BCUT2D eigenvalue weighted by atomic mass is 19.4. The predicted octanol–water partition coefficient (Wildman–Crippen LogP) is 3.90. The van der Waals surface area contributed by atoms with Gasteiger partial charge >= 0.3 is 24.4 Å². The summed E-state index contributed by atoms with van der Waals surface area (Å²) in [5.41, 5.74) is -4.13. The predicted molar refractivity (Wildman–Crippen MR) is 54.3 cm³/mol. The van der Waals surface area contributed by atoms with Gasteiger partial charge in [0.1, 0.15) is 0 Å². The molecule has 0 fully saturated rings. The van der Waals surface area contributed by atoms with E-state index >= 15 is 0 Å². The zero-order valence-corrected chi connectivity index (χ0v) is 10.2. The Morgan fingerprint density at radius 3 is 1.55 bits per heavy atom. The number of halogens is 9. The standard InChI is InChI=1S/C11H6F9NO/c12-9(13,14)6-1-5(2-7(3-6)10(15,16)17)4-21-8(22)11(18,19)20/h1-3H,4H2,(H,21,22). The molecule has 0 unspecified atom stereocenters. The number of carbonyl (C=O) groups is 1. The van der Waals surface area contributed by atoms with Gasteiger partial charge in [0.25, 0.3) is 0 Å². The zero-order valence-electron chi connectivity index (χ0n) is 10.2. The van der Waals surface area contributed by atoms with Gasteiger partial charge in [0.2, 0.25) is 0 Å². The maximum absolute atomic E-state index is 12.5. The number of alkyl halides is 9. The summed E-state index contributed by atoms with van der Waals surface area (Å²) in [6.45, 7) is -1.13. The molecule has 1 aromatic rings. The number of nitrogens with one attached hydrogen (secondary N) is 1. The van der Waals surface area contributed by atoms with Gasteiger partial charge in [-0.15, -0.1) is 0 Å². The summed E-state index contributed by atoms with van der Waals surface area (Å²) in [6.07, 6.45) is -15.5. The first-order valence-corrected chi connectivity index (χ1v) is 5.34. The average Bonchev–Trinajstić information content (AvgIpc) is 2.32. The van der Waals surface area contributed by atoms with Crippen LogP contribution in [0.2, 0.25) is 0 Å². The van der Waals surface area contributed by atoms with Crippen molar-refractivity contribution in [1.82, 2.24) is 5.32 Å². The van der Waals surface area contributed by atoms with Gasteiger partial charge in [-0.05, 0) is 23.8 Å². The Labute approximate surface area is 116 Å². The Bertz CT molecular complexity index is 524. The van der Waals surface area contributed by atoms with E-state index < -0.39 is 47.7 Å². The van der Waals surface area contributed by atoms with Crippen molar-refractivity contribution >= 4 is 5.91 Å². The first-order valence-electron chi connectivity index (χ1n) is 5.34. The Hall–Kier alpha value is -1.94. The van der Waals surface area contributed by atoms with Gasteiger partial charge in [0.05, 0.1) is 11.1 Å². The van der Waals surface area contributed by atoms with Crippen molar-refractivity contribution in [1.29, 1.82) is 0 Å². The van der Waals surface area contributed by atoms with E-state index in [9.17, 15) is 44.3 Å². The Kier molecular flexibility index (Phi) is 4.68. The molecule has 1 aromatic carbocycles. The molecule has 0 aromatic heterocycles. The lowest BCUT2D eigenvalue weighted by Crippen LogP contribution is -2.36. The van der Waals surface area contributed by atoms with Crippen LogP contribution in [-0.2, 0) is 23.7 Å². The number of benzene rings is 1. The first kappa shape index (κ1) is 18.1. The Morgan fingerprint density at radius 2 is 1.23 bits per heavy atom. The highest BCUT2D eigenvalue weighted by Gasteiger charge is 2.39. The molecule has 1 rings (SSSR count). The van der Waals surface area contributed by atoms with Crippen molar-refractivity contribution in [3.8, 4) is 0 Å². The summed E-state index contributed by atoms with van der Waals surface area (Å²) < 4.78 is 111. The van der Waals surface area contributed by atoms with Crippen LogP contribution in [0.15, 0.2) is 18.2 Å². The second-order valence-corrected chi connectivity index (χ2v) is 4.09. The summed E-state index contributed by atoms with van der Waals surface area (Å²) in [4.78, 5) is 10.5. The van der Waals surface area contributed by atoms with E-state index in [2.05, 4.69) is 0 Å². The molecule has 0 bridgehead atoms. The molecule has 0 saturated heterocycles. The molecular weight excluding hydrogens is 333 g/mol. The largest absolute Gasteiger partial charge is 0.471 e. The monoisotopic (exact) mass is 339 g/mol. The molecule has 0 aliphatic rings. The lowest BCUT2D eigenvalue weighted by atomic mass is 10.0. The molecule has 2 nitrogen and oxygen atoms in total. The van der Waals surface area contributed by atoms with Crippen LogP contribution in [-0.4, -0.2) is 12.1 Å². The number of rotatable bonds is 2. The van der Waals surface area contributed by atoms with Crippen molar-refractivity contribution in [3.05, 3.63) is 34.9 Å². The molecule has 124 valence electrons. The van der Waals surface area contributed by atoms with Crippen molar-refractivity contribution in [2.45, 2.75) is 25.1 Å². The fourth-order valence-corrected chi connectivity index (χ4v) is 1.40. The van der Waals surface area contributed by atoms with Crippen molar-refractivity contribution in [2.75, 3.05) is 0 Å². The van der Waals surface area contributed by atoms with Crippen molar-refractivity contribution in [2.24, 2.45) is 0 Å². The number of carbonyl (C=O) groups excluding carboxylic acids is 1. The quantitative estimate of drug-likeness (QED) is 0.814. The van der Waals surface area contributed by atoms with Crippen LogP contribution in [0.4, 0.5) is 39.5 Å². The summed E-state index contributed by atoms with van der Waals surface area (Å²) in [5.74, 6) is -2.47. The molecule has 1 N–H and O–H groups in total. The fraction of sp³-hybridized carbons (Fsp3) is 0.364. The first-order chi connectivity index (χ1) is 9.71. The minimum atomic E-state index is -5.30. The summed E-state index contributed by atoms with van der Waals surface area (Å²) in [6, 6.07) is 0.285. The molecule has 0 spiro atoms. The number of amides is 1. The Morgan fingerprint density at radius 1 is 0.818 bits per heavy atom. The van der Waals surface area contributed by atoms with Gasteiger partial charge in [-0.1, -0.05) is 0 Å². The van der Waals surface area contributed by atoms with Gasteiger partial charge in [-0.3, -0.25) is 4.79 Å². The second kappa shape index (κ2) is 5.69. The molecule has 22 heavy (non-hydrogen) atoms. The maximum Gasteiger partial charge on any atom is 0.471 e. The zero-order chi connectivity index (χ0) is 17.3. The van der Waals surface area contributed by atoms with Gasteiger partial charge in [-0.25, -0.2) is 0 Å². The molecular formula is C11H6F9NO. The van der Waals surface area contributed by atoms with Crippen LogP contribution in [0.5, 0.6) is 0 Å². The van der Waals surface area contributed by atoms with E-state index in [0.29, 0.717) is 0 Å². The second-order valence-electron chi connectivity index (χ2n) is 4.09. The molecule has 11 heteroatoms. The molecule has 1 amide bonds. The highest BCUT2D eigenvalue weighted by Crippen LogP contribution is 2.36. The third-order valence-electron chi connectivity index (χ3n) is 2.36. The average molecular weight is 339 g/mol. The van der Waals surface area contributed by atoms with Crippen molar-refractivity contribution < 1.29 is 44.3 Å². The molecule has 0 atom stereocenters. The number of hydrogen-bond donors (Lipinski definition) is 1. The van der Waals surface area contributed by atoms with E-state index in [1.54, 1.807) is 0 Å². The minimum absolute atomic E-state index is 0.172. The van der Waals surface area contributed by atoms with Crippen LogP contribution in [0, 0.1) is 0 Å². The van der Waals surface area contributed by atoms with E-state index in [0.717, 1.165) is 0 Å². The van der Waals surface area contributed by atoms with Crippen molar-refractivity contribution in [3.63, 3.8) is 0 Å². The minimum Gasteiger partial charge on any atom is -0.344 e. The van der Waals surface area contributed by atoms with Gasteiger partial charge < -0.3 is 5.32 Å². The SMILES string of the molecule is O=C(NCc1cc(C(F)(F)F)cc(C(F)(F)F)c1)C(F)(F)F. The van der Waals surface area contributed by atoms with Crippen LogP contribution in [0.3, 0.4) is 0 Å². The van der Waals surface area contributed by atoms with E-state index in [1.165, 1.54) is 5.32 Å². The molecule has 0 saturated carbocycles. The van der Waals surface area contributed by atoms with E-state index in [4.69, 9.17) is 0 Å². The van der Waals surface area contributed by atoms with Crippen LogP contribution in [0.25, 0.3) is 0 Å². The van der Waals surface area contributed by atoms with Crippen LogP contribution in [0.1, 0.15) is 16.7 Å². The summed E-state index contributed by atoms with van der Waals surface area (Å²) in [7, 11) is 0. The number of hydrogen-bond acceptors (Lipinski definition) is 1. The van der Waals surface area contributed by atoms with Crippen LogP contribution < -0.4 is 5.32 Å². The molecule has 0 aliphatic carbocycles. The third kappa shape index (κ3) is 4.81. The smallest absolute Gasteiger partial charge is 0.344 e. The summed E-state index contributed by atoms with van der Waals surface area (Å²) >= 11 is 0.